The Hall–Kier alpha value is -1.71. The van der Waals surface area contributed by atoms with Gasteiger partial charge in [-0.1, -0.05) is 25.5 Å². The molecule has 0 aliphatic carbocycles. The van der Waals surface area contributed by atoms with Gasteiger partial charge in [0.25, 0.3) is 0 Å². The average molecular weight is 234 g/mol. The molecule has 90 valence electrons. The summed E-state index contributed by atoms with van der Waals surface area (Å²) in [6.07, 6.45) is 2.29. The molecule has 1 aliphatic rings. The maximum Gasteiger partial charge on any atom is 0.248 e. The zero-order valence-electron chi connectivity index (χ0n) is 9.82. The summed E-state index contributed by atoms with van der Waals surface area (Å²) in [6.45, 7) is 2.49. The third-order valence-electron chi connectivity index (χ3n) is 2.69. The summed E-state index contributed by atoms with van der Waals surface area (Å²) in [7, 11) is 0. The molecule has 0 aromatic heterocycles. The molecule has 3 nitrogen and oxygen atoms in total. The lowest BCUT2D eigenvalue weighted by molar-refractivity contribution is -0.129. The Labute approximate surface area is 99.9 Å². The molecule has 0 N–H and O–H groups in total. The third-order valence-corrected chi connectivity index (χ3v) is 2.69. The molecule has 0 saturated heterocycles. The summed E-state index contributed by atoms with van der Waals surface area (Å²) in [5, 5.41) is 5.75. The number of carbonyl (C=O) groups is 1. The Balaban J connectivity index is 2.03. The number of benzene rings is 1. The van der Waals surface area contributed by atoms with Gasteiger partial charge < -0.3 is 0 Å². The smallest absolute Gasteiger partial charge is 0.248 e. The monoisotopic (exact) mass is 234 g/mol. The highest BCUT2D eigenvalue weighted by Gasteiger charge is 2.22. The van der Waals surface area contributed by atoms with Crippen LogP contribution in [-0.4, -0.2) is 16.6 Å². The number of hydrogen-bond acceptors (Lipinski definition) is 2. The van der Waals surface area contributed by atoms with E-state index in [0.717, 1.165) is 24.1 Å². The van der Waals surface area contributed by atoms with Crippen molar-refractivity contribution >= 4 is 11.6 Å². The molecule has 17 heavy (non-hydrogen) atoms. The molecule has 1 aromatic rings. The van der Waals surface area contributed by atoms with Crippen LogP contribution in [0.15, 0.2) is 29.4 Å². The van der Waals surface area contributed by atoms with E-state index in [1.54, 1.807) is 12.1 Å². The first-order chi connectivity index (χ1) is 8.19. The van der Waals surface area contributed by atoms with Crippen molar-refractivity contribution in [3.8, 4) is 0 Å². The predicted octanol–water partition coefficient (Wildman–Crippen LogP) is 2.71. The number of carbonyl (C=O) groups excluding carboxylic acids is 1. The van der Waals surface area contributed by atoms with Crippen LogP contribution in [0, 0.1) is 5.82 Å². The lowest BCUT2D eigenvalue weighted by atomic mass is 10.2. The second-order valence-electron chi connectivity index (χ2n) is 4.17. The Morgan fingerprint density at radius 1 is 1.35 bits per heavy atom. The number of hydrazone groups is 1. The quantitative estimate of drug-likeness (QED) is 0.788. The van der Waals surface area contributed by atoms with Gasteiger partial charge in [0.2, 0.25) is 5.91 Å². The predicted molar refractivity (Wildman–Crippen MR) is 63.9 cm³/mol. The fourth-order valence-corrected chi connectivity index (χ4v) is 1.84. The van der Waals surface area contributed by atoms with Gasteiger partial charge in [-0.25, -0.2) is 9.40 Å². The maximum atomic E-state index is 12.7. The maximum absolute atomic E-state index is 12.7. The van der Waals surface area contributed by atoms with Gasteiger partial charge in [-0.2, -0.15) is 5.10 Å². The van der Waals surface area contributed by atoms with E-state index >= 15 is 0 Å². The zero-order chi connectivity index (χ0) is 12.3. The van der Waals surface area contributed by atoms with E-state index in [1.165, 1.54) is 17.1 Å². The second kappa shape index (κ2) is 5.08. The lowest BCUT2D eigenvalue weighted by Gasteiger charge is -2.11. The first-order valence-electron chi connectivity index (χ1n) is 5.80. The molecule has 0 atom stereocenters. The first-order valence-corrected chi connectivity index (χ1v) is 5.80. The fourth-order valence-electron chi connectivity index (χ4n) is 1.84. The molecule has 0 saturated carbocycles. The summed E-state index contributed by atoms with van der Waals surface area (Å²) in [6, 6.07) is 6.14. The van der Waals surface area contributed by atoms with Crippen LogP contribution in [0.1, 0.15) is 31.7 Å². The number of nitrogens with zero attached hydrogens (tertiary/aromatic N) is 2. The summed E-state index contributed by atoms with van der Waals surface area (Å²) < 4.78 is 12.7. The molecule has 4 heteroatoms. The molecule has 0 spiro atoms. The molecular weight excluding hydrogens is 219 g/mol. The van der Waals surface area contributed by atoms with Gasteiger partial charge in [0, 0.05) is 5.71 Å². The van der Waals surface area contributed by atoms with Crippen molar-refractivity contribution in [2.24, 2.45) is 5.10 Å². The van der Waals surface area contributed by atoms with Crippen molar-refractivity contribution in [2.45, 2.75) is 32.7 Å². The zero-order valence-corrected chi connectivity index (χ0v) is 9.82. The summed E-state index contributed by atoms with van der Waals surface area (Å²) >= 11 is 0. The highest BCUT2D eigenvalue weighted by atomic mass is 19.1. The Bertz CT molecular complexity index is 439. The Kier molecular flexibility index (Phi) is 3.52. The summed E-state index contributed by atoms with van der Waals surface area (Å²) in [4.78, 5) is 11.7. The van der Waals surface area contributed by atoms with E-state index in [9.17, 15) is 9.18 Å². The van der Waals surface area contributed by atoms with Gasteiger partial charge >= 0.3 is 0 Å². The van der Waals surface area contributed by atoms with E-state index in [4.69, 9.17) is 0 Å². The van der Waals surface area contributed by atoms with E-state index in [0.29, 0.717) is 13.0 Å². The molecule has 0 bridgehead atoms. The first kappa shape index (κ1) is 11.8. The van der Waals surface area contributed by atoms with Crippen LogP contribution in [0.5, 0.6) is 0 Å². The molecule has 1 heterocycles. The van der Waals surface area contributed by atoms with Crippen molar-refractivity contribution in [3.05, 3.63) is 35.6 Å². The SMILES string of the molecule is CCCC1=NN(Cc2ccc(F)cc2)C(=O)C1. The fraction of sp³-hybridized carbons (Fsp3) is 0.385. The topological polar surface area (TPSA) is 32.7 Å². The average Bonchev–Trinajstić information content (AvgIpc) is 2.63. The number of hydrogen-bond donors (Lipinski definition) is 0. The third kappa shape index (κ3) is 2.90. The molecular formula is C13H15FN2O. The van der Waals surface area contributed by atoms with Gasteiger partial charge in [-0.05, 0) is 24.1 Å². The van der Waals surface area contributed by atoms with E-state index < -0.39 is 0 Å². The Morgan fingerprint density at radius 2 is 2.06 bits per heavy atom. The van der Waals surface area contributed by atoms with E-state index in [2.05, 4.69) is 12.0 Å². The number of rotatable bonds is 4. The van der Waals surface area contributed by atoms with Crippen LogP contribution in [0.4, 0.5) is 4.39 Å². The highest BCUT2D eigenvalue weighted by molar-refractivity contribution is 6.04. The molecule has 1 aromatic carbocycles. The van der Waals surface area contributed by atoms with Crippen molar-refractivity contribution in [2.75, 3.05) is 0 Å². The largest absolute Gasteiger partial charge is 0.273 e. The normalized spacial score (nSPS) is 15.3. The molecule has 0 radical (unpaired) electrons. The van der Waals surface area contributed by atoms with E-state index in [-0.39, 0.29) is 11.7 Å². The van der Waals surface area contributed by atoms with Crippen molar-refractivity contribution in [3.63, 3.8) is 0 Å². The molecule has 1 amide bonds. The van der Waals surface area contributed by atoms with Crippen LogP contribution in [0.25, 0.3) is 0 Å². The molecule has 1 aliphatic heterocycles. The lowest BCUT2D eigenvalue weighted by Crippen LogP contribution is -2.19. The minimum absolute atomic E-state index is 0.0257. The highest BCUT2D eigenvalue weighted by Crippen LogP contribution is 2.15. The van der Waals surface area contributed by atoms with Gasteiger partial charge in [0.05, 0.1) is 13.0 Å². The Morgan fingerprint density at radius 3 is 2.71 bits per heavy atom. The second-order valence-corrected chi connectivity index (χ2v) is 4.17. The van der Waals surface area contributed by atoms with Crippen LogP contribution >= 0.6 is 0 Å². The molecule has 0 unspecified atom stereocenters. The van der Waals surface area contributed by atoms with Crippen LogP contribution in [-0.2, 0) is 11.3 Å². The van der Waals surface area contributed by atoms with Gasteiger partial charge in [-0.15, -0.1) is 0 Å². The standard InChI is InChI=1S/C13H15FN2O/c1-2-3-12-8-13(17)16(15-12)9-10-4-6-11(14)7-5-10/h4-7H,2-3,8-9H2,1H3. The van der Waals surface area contributed by atoms with Gasteiger partial charge in [0.1, 0.15) is 5.82 Å². The van der Waals surface area contributed by atoms with Crippen LogP contribution < -0.4 is 0 Å². The minimum atomic E-state index is -0.267. The van der Waals surface area contributed by atoms with E-state index in [1.807, 2.05) is 0 Å². The number of amides is 1. The van der Waals surface area contributed by atoms with Crippen molar-refractivity contribution in [1.29, 1.82) is 0 Å². The van der Waals surface area contributed by atoms with Gasteiger partial charge in [0.15, 0.2) is 0 Å². The van der Waals surface area contributed by atoms with Gasteiger partial charge in [-0.3, -0.25) is 4.79 Å². The summed E-state index contributed by atoms with van der Waals surface area (Å²) in [5.41, 5.74) is 1.83. The van der Waals surface area contributed by atoms with Crippen LogP contribution in [0.3, 0.4) is 0 Å². The summed E-state index contributed by atoms with van der Waals surface area (Å²) in [5.74, 6) is -0.241. The van der Waals surface area contributed by atoms with Crippen molar-refractivity contribution < 1.29 is 9.18 Å². The number of halogens is 1. The molecule has 0 fully saturated rings. The molecule has 2 rings (SSSR count). The van der Waals surface area contributed by atoms with Crippen LogP contribution in [0.2, 0.25) is 0 Å². The van der Waals surface area contributed by atoms with Crippen molar-refractivity contribution in [1.82, 2.24) is 5.01 Å². The minimum Gasteiger partial charge on any atom is -0.273 e.